The zero-order valence-electron chi connectivity index (χ0n) is 11.9. The minimum absolute atomic E-state index is 0.0531. The number of benzene rings is 1. The molecule has 120 valence electrons. The second kappa shape index (κ2) is 9.09. The van der Waals surface area contributed by atoms with E-state index in [-0.39, 0.29) is 17.0 Å². The van der Waals surface area contributed by atoms with Gasteiger partial charge in [-0.1, -0.05) is 22.4 Å². The van der Waals surface area contributed by atoms with E-state index in [0.29, 0.717) is 11.0 Å². The molecule has 0 heterocycles. The lowest BCUT2D eigenvalue weighted by atomic mass is 10.2. The van der Waals surface area contributed by atoms with Gasteiger partial charge in [0.15, 0.2) is 0 Å². The van der Waals surface area contributed by atoms with Gasteiger partial charge in [-0.2, -0.15) is 11.8 Å². The van der Waals surface area contributed by atoms with Crippen molar-refractivity contribution in [3.05, 3.63) is 28.0 Å². The van der Waals surface area contributed by atoms with Gasteiger partial charge in [-0.15, -0.1) is 0 Å². The maximum Gasteiger partial charge on any atom is 0.243 e. The lowest BCUT2D eigenvalue weighted by Gasteiger charge is -2.10. The molecular formula is C13H20BrFN2O2S2. The van der Waals surface area contributed by atoms with E-state index in [2.05, 4.69) is 20.7 Å². The third-order valence-corrected chi connectivity index (χ3v) is 5.52. The third kappa shape index (κ3) is 5.86. The lowest BCUT2D eigenvalue weighted by molar-refractivity contribution is 0.547. The first-order chi connectivity index (χ1) is 9.92. The summed E-state index contributed by atoms with van der Waals surface area (Å²) in [6.07, 6.45) is 4.76. The molecule has 1 rings (SSSR count). The molecule has 1 aromatic rings. The van der Waals surface area contributed by atoms with Crippen molar-refractivity contribution in [1.29, 1.82) is 0 Å². The van der Waals surface area contributed by atoms with Crippen molar-refractivity contribution >= 4 is 37.7 Å². The van der Waals surface area contributed by atoms with Gasteiger partial charge in [0.05, 0.1) is 0 Å². The Hall–Kier alpha value is -0.150. The van der Waals surface area contributed by atoms with Crippen molar-refractivity contribution in [2.75, 3.05) is 18.6 Å². The Kier molecular flexibility index (Phi) is 8.18. The minimum atomic E-state index is -3.85. The molecule has 21 heavy (non-hydrogen) atoms. The Balaban J connectivity index is 2.72. The fourth-order valence-corrected chi connectivity index (χ4v) is 4.16. The largest absolute Gasteiger partial charge is 0.326 e. The molecule has 3 N–H and O–H groups in total. The van der Waals surface area contributed by atoms with E-state index >= 15 is 0 Å². The zero-order valence-corrected chi connectivity index (χ0v) is 15.1. The van der Waals surface area contributed by atoms with Gasteiger partial charge in [-0.05, 0) is 37.0 Å². The third-order valence-electron chi connectivity index (χ3n) is 2.91. The predicted octanol–water partition coefficient (Wildman–Crippen LogP) is 2.86. The van der Waals surface area contributed by atoms with Crippen LogP contribution in [0.5, 0.6) is 0 Å². The van der Waals surface area contributed by atoms with Crippen LogP contribution >= 0.6 is 27.7 Å². The SMILES string of the molecule is CSCCCCCNS(=O)(=O)c1cc(Br)cc(CN)c1F. The van der Waals surface area contributed by atoms with Crippen LogP contribution in [0.1, 0.15) is 24.8 Å². The highest BCUT2D eigenvalue weighted by molar-refractivity contribution is 9.10. The number of sulfonamides is 1. The molecule has 0 aromatic heterocycles. The van der Waals surface area contributed by atoms with E-state index in [1.807, 2.05) is 6.26 Å². The number of nitrogens with two attached hydrogens (primary N) is 1. The minimum Gasteiger partial charge on any atom is -0.326 e. The number of nitrogens with one attached hydrogen (secondary N) is 1. The highest BCUT2D eigenvalue weighted by atomic mass is 79.9. The van der Waals surface area contributed by atoms with Gasteiger partial charge < -0.3 is 5.73 Å². The highest BCUT2D eigenvalue weighted by Gasteiger charge is 2.21. The second-order valence-corrected chi connectivity index (χ2v) is 8.17. The Morgan fingerprint density at radius 3 is 2.67 bits per heavy atom. The summed E-state index contributed by atoms with van der Waals surface area (Å²) in [5.74, 6) is 0.281. The van der Waals surface area contributed by atoms with Gasteiger partial charge in [0, 0.05) is 23.1 Å². The number of rotatable bonds is 9. The summed E-state index contributed by atoms with van der Waals surface area (Å²) in [6.45, 7) is 0.253. The van der Waals surface area contributed by atoms with Crippen LogP contribution in [-0.2, 0) is 16.6 Å². The molecule has 8 heteroatoms. The van der Waals surface area contributed by atoms with Crippen molar-refractivity contribution in [2.24, 2.45) is 5.73 Å². The molecule has 0 amide bonds. The van der Waals surface area contributed by atoms with Crippen LogP contribution in [0.25, 0.3) is 0 Å². The number of hydrogen-bond donors (Lipinski definition) is 2. The predicted molar refractivity (Wildman–Crippen MR) is 89.4 cm³/mol. The molecular weight excluding hydrogens is 379 g/mol. The molecule has 0 saturated carbocycles. The molecule has 0 saturated heterocycles. The van der Waals surface area contributed by atoms with Crippen molar-refractivity contribution in [2.45, 2.75) is 30.7 Å². The van der Waals surface area contributed by atoms with Crippen LogP contribution in [0.2, 0.25) is 0 Å². The lowest BCUT2D eigenvalue weighted by Crippen LogP contribution is -2.26. The molecule has 0 atom stereocenters. The van der Waals surface area contributed by atoms with E-state index in [4.69, 9.17) is 5.73 Å². The van der Waals surface area contributed by atoms with Crippen LogP contribution in [0.15, 0.2) is 21.5 Å². The zero-order chi connectivity index (χ0) is 15.9. The summed E-state index contributed by atoms with van der Waals surface area (Å²) in [5.41, 5.74) is 5.59. The average molecular weight is 399 g/mol. The summed E-state index contributed by atoms with van der Waals surface area (Å²) in [7, 11) is -3.85. The van der Waals surface area contributed by atoms with Crippen molar-refractivity contribution < 1.29 is 12.8 Å². The van der Waals surface area contributed by atoms with Crippen LogP contribution in [0.3, 0.4) is 0 Å². The first-order valence-electron chi connectivity index (χ1n) is 6.59. The molecule has 0 aliphatic rings. The van der Waals surface area contributed by atoms with E-state index in [1.54, 1.807) is 11.8 Å². The summed E-state index contributed by atoms with van der Waals surface area (Å²) in [4.78, 5) is -0.360. The summed E-state index contributed by atoms with van der Waals surface area (Å²) >= 11 is 4.94. The number of thioether (sulfide) groups is 1. The topological polar surface area (TPSA) is 72.2 Å². The van der Waals surface area contributed by atoms with Crippen molar-refractivity contribution in [3.8, 4) is 0 Å². The van der Waals surface area contributed by atoms with Gasteiger partial charge in [-0.3, -0.25) is 0 Å². The van der Waals surface area contributed by atoms with Gasteiger partial charge in [0.1, 0.15) is 10.7 Å². The van der Waals surface area contributed by atoms with E-state index < -0.39 is 15.8 Å². The molecule has 0 unspecified atom stereocenters. The monoisotopic (exact) mass is 398 g/mol. The maximum atomic E-state index is 14.1. The molecule has 0 fully saturated rings. The van der Waals surface area contributed by atoms with Crippen molar-refractivity contribution in [1.82, 2.24) is 4.72 Å². The molecule has 0 spiro atoms. The first-order valence-corrected chi connectivity index (χ1v) is 10.3. The second-order valence-electron chi connectivity index (χ2n) is 4.53. The molecule has 0 aliphatic carbocycles. The summed E-state index contributed by atoms with van der Waals surface area (Å²) in [5, 5.41) is 0. The number of halogens is 2. The van der Waals surface area contributed by atoms with Gasteiger partial charge >= 0.3 is 0 Å². The molecule has 0 bridgehead atoms. The Bertz CT molecular complexity index is 568. The van der Waals surface area contributed by atoms with Crippen LogP contribution < -0.4 is 10.5 Å². The van der Waals surface area contributed by atoms with E-state index in [9.17, 15) is 12.8 Å². The Morgan fingerprint density at radius 2 is 2.05 bits per heavy atom. The highest BCUT2D eigenvalue weighted by Crippen LogP contribution is 2.23. The Morgan fingerprint density at radius 1 is 1.33 bits per heavy atom. The number of unbranched alkanes of at least 4 members (excludes halogenated alkanes) is 2. The summed E-state index contributed by atoms with van der Waals surface area (Å²) in [6, 6.07) is 2.74. The fourth-order valence-electron chi connectivity index (χ4n) is 1.79. The number of hydrogen-bond acceptors (Lipinski definition) is 4. The maximum absolute atomic E-state index is 14.1. The van der Waals surface area contributed by atoms with Crippen molar-refractivity contribution in [3.63, 3.8) is 0 Å². The quantitative estimate of drug-likeness (QED) is 0.627. The fraction of sp³-hybridized carbons (Fsp3) is 0.538. The molecule has 4 nitrogen and oxygen atoms in total. The first kappa shape index (κ1) is 18.9. The summed E-state index contributed by atoms with van der Waals surface area (Å²) < 4.78 is 41.3. The smallest absolute Gasteiger partial charge is 0.243 e. The normalized spacial score (nSPS) is 11.8. The van der Waals surface area contributed by atoms with Gasteiger partial charge in [0.2, 0.25) is 10.0 Å². The van der Waals surface area contributed by atoms with Crippen LogP contribution in [0.4, 0.5) is 4.39 Å². The van der Waals surface area contributed by atoms with Crippen LogP contribution in [0, 0.1) is 5.82 Å². The molecule has 0 radical (unpaired) electrons. The molecule has 1 aromatic carbocycles. The Labute approximate surface area is 138 Å². The average Bonchev–Trinajstić information content (AvgIpc) is 2.44. The van der Waals surface area contributed by atoms with Gasteiger partial charge in [-0.25, -0.2) is 17.5 Å². The van der Waals surface area contributed by atoms with Gasteiger partial charge in [0.25, 0.3) is 0 Å². The van der Waals surface area contributed by atoms with Crippen LogP contribution in [-0.4, -0.2) is 27.0 Å². The molecule has 0 aliphatic heterocycles. The van der Waals surface area contributed by atoms with E-state index in [1.165, 1.54) is 12.1 Å². The standard InChI is InChI=1S/C13H20BrFN2O2S2/c1-20-6-4-2-3-5-17-21(18,19)12-8-11(14)7-10(9-16)13(12)15/h7-8,17H,2-6,9,16H2,1H3. The van der Waals surface area contributed by atoms with E-state index in [0.717, 1.165) is 25.0 Å².